The van der Waals surface area contributed by atoms with Crippen LogP contribution in [0.3, 0.4) is 0 Å². The highest BCUT2D eigenvalue weighted by Crippen LogP contribution is 2.14. The van der Waals surface area contributed by atoms with Gasteiger partial charge in [0.15, 0.2) is 0 Å². The van der Waals surface area contributed by atoms with E-state index in [9.17, 15) is 15.3 Å². The van der Waals surface area contributed by atoms with Gasteiger partial charge in [0.05, 0.1) is 11.2 Å². The van der Waals surface area contributed by atoms with Gasteiger partial charge < -0.3 is 15.3 Å². The zero-order chi connectivity index (χ0) is 17.9. The lowest BCUT2D eigenvalue weighted by Crippen LogP contribution is -2.50. The fraction of sp³-hybridized carbons (Fsp3) is 1.00. The highest BCUT2D eigenvalue weighted by Gasteiger charge is 2.28. The van der Waals surface area contributed by atoms with Crippen LogP contribution < -0.4 is 0 Å². The van der Waals surface area contributed by atoms with Crippen molar-refractivity contribution in [3.63, 3.8) is 0 Å². The molecule has 0 atom stereocenters. The number of hydrogen-bond acceptors (Lipinski definition) is 6. The predicted molar refractivity (Wildman–Crippen MR) is 100 cm³/mol. The maximum atomic E-state index is 10.4. The fourth-order valence-corrected chi connectivity index (χ4v) is 3.10. The van der Waals surface area contributed by atoms with Crippen LogP contribution in [0.1, 0.15) is 49.0 Å². The van der Waals surface area contributed by atoms with Crippen molar-refractivity contribution >= 4 is 0 Å². The average molecular weight is 348 g/mol. The second-order valence-corrected chi connectivity index (χ2v) is 8.66. The summed E-state index contributed by atoms with van der Waals surface area (Å²) in [5, 5.41) is 30.6. The van der Waals surface area contributed by atoms with E-state index in [0.29, 0.717) is 13.1 Å². The monoisotopic (exact) mass is 347 g/mol. The lowest BCUT2D eigenvalue weighted by atomic mass is 10.1. The van der Waals surface area contributed by atoms with E-state index in [0.717, 1.165) is 39.3 Å². The summed E-state index contributed by atoms with van der Waals surface area (Å²) in [7, 11) is 0. The van der Waals surface area contributed by atoms with E-state index in [-0.39, 0.29) is 7.43 Å². The van der Waals surface area contributed by atoms with E-state index in [1.54, 1.807) is 0 Å². The highest BCUT2D eigenvalue weighted by atomic mass is 16.3. The molecule has 0 spiro atoms. The Kier molecular flexibility index (Phi) is 8.83. The van der Waals surface area contributed by atoms with E-state index in [1.807, 2.05) is 41.5 Å². The smallest absolute Gasteiger partial charge is 0.112 e. The fourth-order valence-electron chi connectivity index (χ4n) is 3.10. The van der Waals surface area contributed by atoms with Crippen molar-refractivity contribution in [2.75, 3.05) is 52.4 Å². The molecule has 1 aliphatic rings. The maximum Gasteiger partial charge on any atom is 0.112 e. The molecule has 1 rings (SSSR count). The van der Waals surface area contributed by atoms with Crippen molar-refractivity contribution in [2.24, 2.45) is 0 Å². The summed E-state index contributed by atoms with van der Waals surface area (Å²) in [5.74, 6) is 0. The normalized spacial score (nSPS) is 20.9. The molecular weight excluding hydrogens is 306 g/mol. The Balaban J connectivity index is 0.00000529. The van der Waals surface area contributed by atoms with Crippen LogP contribution in [0.5, 0.6) is 0 Å². The summed E-state index contributed by atoms with van der Waals surface area (Å²) in [6.07, 6.45) is 0. The van der Waals surface area contributed by atoms with Crippen molar-refractivity contribution in [3.8, 4) is 0 Å². The number of hydrogen-bond donors (Lipinski definition) is 3. The van der Waals surface area contributed by atoms with Gasteiger partial charge in [0.2, 0.25) is 0 Å². The first-order valence-electron chi connectivity index (χ1n) is 8.63. The lowest BCUT2D eigenvalue weighted by Gasteiger charge is -2.36. The van der Waals surface area contributed by atoms with Crippen LogP contribution >= 0.6 is 0 Å². The molecule has 1 heterocycles. The minimum absolute atomic E-state index is 0. The summed E-state index contributed by atoms with van der Waals surface area (Å²) in [4.78, 5) is 6.54. The molecule has 146 valence electrons. The van der Waals surface area contributed by atoms with Gasteiger partial charge in [0.25, 0.3) is 0 Å². The van der Waals surface area contributed by atoms with E-state index in [4.69, 9.17) is 0 Å². The molecule has 0 saturated carbocycles. The maximum absolute atomic E-state index is 10.4. The molecule has 6 heteroatoms. The standard InChI is InChI=1S/C17H37N3O3.CH4/c1-15(2,21)13-18-7-8-19(14-16(3,4)22)10-12-20(11-9-18)17(5,6)23;/h21-23H,7-14H2,1-6H3;1H4. The molecule has 0 aromatic rings. The van der Waals surface area contributed by atoms with Crippen LogP contribution in [-0.4, -0.2) is 99.3 Å². The largest absolute Gasteiger partial charge is 0.389 e. The van der Waals surface area contributed by atoms with Crippen LogP contribution in [0.15, 0.2) is 0 Å². The molecule has 0 aromatic heterocycles. The van der Waals surface area contributed by atoms with E-state index < -0.39 is 16.9 Å². The molecule has 6 nitrogen and oxygen atoms in total. The first-order chi connectivity index (χ1) is 10.3. The van der Waals surface area contributed by atoms with Gasteiger partial charge >= 0.3 is 0 Å². The summed E-state index contributed by atoms with van der Waals surface area (Å²) in [6, 6.07) is 0. The molecule has 0 unspecified atom stereocenters. The van der Waals surface area contributed by atoms with Crippen molar-refractivity contribution < 1.29 is 15.3 Å². The SMILES string of the molecule is C.CC(C)(O)CN1CCN(CC(C)(C)O)CCN(C(C)(C)O)CC1. The zero-order valence-corrected chi connectivity index (χ0v) is 15.8. The second kappa shape index (κ2) is 8.92. The Bertz CT molecular complexity index is 328. The third kappa shape index (κ3) is 9.91. The predicted octanol–water partition coefficient (Wildman–Crippen LogP) is 0.812. The molecule has 0 radical (unpaired) electrons. The molecule has 0 aliphatic carbocycles. The molecule has 24 heavy (non-hydrogen) atoms. The van der Waals surface area contributed by atoms with Crippen LogP contribution in [0.2, 0.25) is 0 Å². The first-order valence-corrected chi connectivity index (χ1v) is 8.63. The molecule has 0 bridgehead atoms. The molecule has 0 aromatic carbocycles. The molecular formula is C18H41N3O3. The Labute approximate surface area is 149 Å². The quantitative estimate of drug-likeness (QED) is 0.684. The van der Waals surface area contributed by atoms with Gasteiger partial charge in [-0.2, -0.15) is 0 Å². The van der Waals surface area contributed by atoms with Gasteiger partial charge in [-0.25, -0.2) is 0 Å². The van der Waals surface area contributed by atoms with Gasteiger partial charge in [-0.15, -0.1) is 0 Å². The number of aliphatic hydroxyl groups is 3. The third-order valence-electron chi connectivity index (χ3n) is 4.10. The topological polar surface area (TPSA) is 70.4 Å². The first kappa shape index (κ1) is 23.8. The van der Waals surface area contributed by atoms with E-state index in [1.165, 1.54) is 0 Å². The Morgan fingerprint density at radius 1 is 0.625 bits per heavy atom. The van der Waals surface area contributed by atoms with E-state index >= 15 is 0 Å². The zero-order valence-electron chi connectivity index (χ0n) is 15.8. The average Bonchev–Trinajstić information content (AvgIpc) is 2.37. The molecule has 0 amide bonds. The van der Waals surface area contributed by atoms with Crippen LogP contribution in [0, 0.1) is 0 Å². The molecule has 1 fully saturated rings. The van der Waals surface area contributed by atoms with Crippen LogP contribution in [0.25, 0.3) is 0 Å². The Morgan fingerprint density at radius 2 is 0.917 bits per heavy atom. The molecule has 3 N–H and O–H groups in total. The Hall–Kier alpha value is -0.240. The minimum atomic E-state index is -0.870. The van der Waals surface area contributed by atoms with Crippen LogP contribution in [-0.2, 0) is 0 Å². The highest BCUT2D eigenvalue weighted by molar-refractivity contribution is 4.81. The molecule has 1 saturated heterocycles. The molecule has 1 aliphatic heterocycles. The van der Waals surface area contributed by atoms with Gasteiger partial charge in [-0.1, -0.05) is 7.43 Å². The van der Waals surface area contributed by atoms with Crippen LogP contribution in [0.4, 0.5) is 0 Å². The third-order valence-corrected chi connectivity index (χ3v) is 4.10. The lowest BCUT2D eigenvalue weighted by molar-refractivity contribution is -0.0831. The summed E-state index contributed by atoms with van der Waals surface area (Å²) in [5.41, 5.74) is -2.35. The number of rotatable bonds is 5. The van der Waals surface area contributed by atoms with Gasteiger partial charge in [-0.05, 0) is 41.5 Å². The summed E-state index contributed by atoms with van der Waals surface area (Å²) in [6.45, 7) is 16.9. The van der Waals surface area contributed by atoms with Crippen molar-refractivity contribution in [1.29, 1.82) is 0 Å². The number of nitrogens with zero attached hydrogens (tertiary/aromatic N) is 3. The van der Waals surface area contributed by atoms with Gasteiger partial charge in [0, 0.05) is 52.4 Å². The minimum Gasteiger partial charge on any atom is -0.389 e. The summed E-state index contributed by atoms with van der Waals surface area (Å²) < 4.78 is 0. The van der Waals surface area contributed by atoms with E-state index in [2.05, 4.69) is 14.7 Å². The second-order valence-electron chi connectivity index (χ2n) is 8.66. The number of β-amino-alcohol motifs (C(OH)–C–C–N with tert-alkyl or cyclic N) is 2. The van der Waals surface area contributed by atoms with Gasteiger partial charge in [0.1, 0.15) is 5.72 Å². The van der Waals surface area contributed by atoms with Crippen molar-refractivity contribution in [2.45, 2.75) is 65.9 Å². The van der Waals surface area contributed by atoms with Gasteiger partial charge in [-0.3, -0.25) is 14.7 Å². The van der Waals surface area contributed by atoms with Crippen molar-refractivity contribution in [3.05, 3.63) is 0 Å². The Morgan fingerprint density at radius 3 is 1.17 bits per heavy atom. The van der Waals surface area contributed by atoms with Crippen molar-refractivity contribution in [1.82, 2.24) is 14.7 Å². The summed E-state index contributed by atoms with van der Waals surface area (Å²) >= 11 is 0.